The predicted octanol–water partition coefficient (Wildman–Crippen LogP) is 3.83. The van der Waals surface area contributed by atoms with E-state index in [1.165, 1.54) is 18.9 Å². The molecule has 1 aliphatic carbocycles. The van der Waals surface area contributed by atoms with Crippen LogP contribution in [0, 0.1) is 11.7 Å². The number of hydrogen-bond donors (Lipinski definition) is 2. The van der Waals surface area contributed by atoms with Gasteiger partial charge in [0.1, 0.15) is 5.82 Å². The zero-order valence-corrected chi connectivity index (χ0v) is 13.7. The molecule has 0 bridgehead atoms. The minimum atomic E-state index is -0.201. The van der Waals surface area contributed by atoms with Crippen LogP contribution in [0.2, 0.25) is 0 Å². The lowest BCUT2D eigenvalue weighted by Gasteiger charge is -2.41. The van der Waals surface area contributed by atoms with Gasteiger partial charge in [-0.25, -0.2) is 4.39 Å². The minimum absolute atomic E-state index is 0.0144. The Morgan fingerprint density at radius 3 is 2.86 bits per heavy atom. The number of benzene rings is 1. The number of hydrogen-bond acceptors (Lipinski definition) is 3. The first-order valence-corrected chi connectivity index (χ1v) is 8.48. The SMILES string of the molecule is NNC(c1cc(Br)ccc1F)C1CCOC2(CCCC2)C1. The normalized spacial score (nSPS) is 26.1. The first-order chi connectivity index (χ1) is 10.1. The van der Waals surface area contributed by atoms with Gasteiger partial charge in [0.25, 0.3) is 0 Å². The smallest absolute Gasteiger partial charge is 0.128 e. The third-order valence-electron chi connectivity index (χ3n) is 4.99. The average Bonchev–Trinajstić information content (AvgIpc) is 2.91. The Morgan fingerprint density at radius 1 is 1.38 bits per heavy atom. The fourth-order valence-electron chi connectivity index (χ4n) is 3.95. The van der Waals surface area contributed by atoms with Crippen LogP contribution in [-0.2, 0) is 4.74 Å². The Hall–Kier alpha value is -0.490. The van der Waals surface area contributed by atoms with Crippen molar-refractivity contribution in [2.24, 2.45) is 11.8 Å². The van der Waals surface area contributed by atoms with Crippen LogP contribution >= 0.6 is 15.9 Å². The van der Waals surface area contributed by atoms with Gasteiger partial charge in [0.2, 0.25) is 0 Å². The predicted molar refractivity (Wildman–Crippen MR) is 84.0 cm³/mol. The molecule has 0 aromatic heterocycles. The molecule has 0 radical (unpaired) electrons. The van der Waals surface area contributed by atoms with E-state index in [9.17, 15) is 4.39 Å². The Balaban J connectivity index is 1.84. The Bertz CT molecular complexity index is 505. The maximum Gasteiger partial charge on any atom is 0.128 e. The summed E-state index contributed by atoms with van der Waals surface area (Å²) in [4.78, 5) is 0. The van der Waals surface area contributed by atoms with Crippen molar-refractivity contribution in [2.45, 2.75) is 50.2 Å². The molecule has 1 heterocycles. The van der Waals surface area contributed by atoms with Gasteiger partial charge in [-0.15, -0.1) is 0 Å². The Morgan fingerprint density at radius 2 is 2.14 bits per heavy atom. The number of nitrogens with two attached hydrogens (primary N) is 1. The van der Waals surface area contributed by atoms with E-state index in [0.717, 1.165) is 36.8 Å². The Labute approximate surface area is 133 Å². The molecule has 116 valence electrons. The molecule has 2 unspecified atom stereocenters. The van der Waals surface area contributed by atoms with E-state index in [0.29, 0.717) is 11.5 Å². The summed E-state index contributed by atoms with van der Waals surface area (Å²) in [5.41, 5.74) is 3.51. The molecule has 1 aliphatic heterocycles. The van der Waals surface area contributed by atoms with Gasteiger partial charge in [-0.1, -0.05) is 28.8 Å². The van der Waals surface area contributed by atoms with Crippen molar-refractivity contribution >= 4 is 15.9 Å². The number of nitrogens with one attached hydrogen (secondary N) is 1. The number of halogens is 2. The van der Waals surface area contributed by atoms with Crippen LogP contribution < -0.4 is 11.3 Å². The zero-order chi connectivity index (χ0) is 14.9. The van der Waals surface area contributed by atoms with Gasteiger partial charge in [-0.3, -0.25) is 11.3 Å². The first-order valence-electron chi connectivity index (χ1n) is 7.69. The lowest BCUT2D eigenvalue weighted by molar-refractivity contribution is -0.0983. The van der Waals surface area contributed by atoms with E-state index < -0.39 is 0 Å². The molecule has 1 aromatic rings. The Kier molecular flexibility index (Phi) is 4.64. The topological polar surface area (TPSA) is 47.3 Å². The van der Waals surface area contributed by atoms with Crippen LogP contribution in [0.3, 0.4) is 0 Å². The minimum Gasteiger partial charge on any atom is -0.375 e. The molecule has 1 aromatic carbocycles. The van der Waals surface area contributed by atoms with E-state index in [1.54, 1.807) is 6.07 Å². The van der Waals surface area contributed by atoms with Gasteiger partial charge in [0.05, 0.1) is 11.6 Å². The highest BCUT2D eigenvalue weighted by molar-refractivity contribution is 9.10. The molecule has 2 fully saturated rings. The van der Waals surface area contributed by atoms with Crippen LogP contribution in [-0.4, -0.2) is 12.2 Å². The summed E-state index contributed by atoms with van der Waals surface area (Å²) >= 11 is 3.42. The van der Waals surface area contributed by atoms with Crippen LogP contribution in [0.15, 0.2) is 22.7 Å². The summed E-state index contributed by atoms with van der Waals surface area (Å²) in [6.07, 6.45) is 6.61. The largest absolute Gasteiger partial charge is 0.375 e. The first kappa shape index (κ1) is 15.4. The van der Waals surface area contributed by atoms with Crippen molar-refractivity contribution in [2.75, 3.05) is 6.61 Å². The van der Waals surface area contributed by atoms with Crippen molar-refractivity contribution in [1.82, 2.24) is 5.43 Å². The standard InChI is InChI=1S/C16H22BrFN2O/c17-12-3-4-14(18)13(9-12)15(20-19)11-5-8-21-16(10-11)6-1-2-7-16/h3-4,9,11,15,20H,1-2,5-8,10,19H2. The maximum atomic E-state index is 14.2. The van der Waals surface area contributed by atoms with Gasteiger partial charge in [0.15, 0.2) is 0 Å². The van der Waals surface area contributed by atoms with Gasteiger partial charge in [-0.2, -0.15) is 0 Å². The molecule has 0 amide bonds. The summed E-state index contributed by atoms with van der Waals surface area (Å²) in [6, 6.07) is 4.88. The third-order valence-corrected chi connectivity index (χ3v) is 5.48. The van der Waals surface area contributed by atoms with Crippen molar-refractivity contribution in [1.29, 1.82) is 0 Å². The lowest BCUT2D eigenvalue weighted by atomic mass is 9.78. The van der Waals surface area contributed by atoms with Crippen LogP contribution in [0.4, 0.5) is 4.39 Å². The van der Waals surface area contributed by atoms with E-state index in [4.69, 9.17) is 10.6 Å². The fourth-order valence-corrected chi connectivity index (χ4v) is 4.33. The molecule has 3 nitrogen and oxygen atoms in total. The van der Waals surface area contributed by atoms with E-state index in [1.807, 2.05) is 6.07 Å². The summed E-state index contributed by atoms with van der Waals surface area (Å²) in [7, 11) is 0. The molecule has 2 aliphatic rings. The van der Waals surface area contributed by atoms with Crippen molar-refractivity contribution in [3.8, 4) is 0 Å². The summed E-state index contributed by atoms with van der Waals surface area (Å²) in [6.45, 7) is 0.748. The number of ether oxygens (including phenoxy) is 1. The zero-order valence-electron chi connectivity index (χ0n) is 12.1. The van der Waals surface area contributed by atoms with Crippen molar-refractivity contribution in [3.05, 3.63) is 34.1 Å². The molecule has 3 rings (SSSR count). The van der Waals surface area contributed by atoms with E-state index >= 15 is 0 Å². The number of hydrazine groups is 1. The molecule has 21 heavy (non-hydrogen) atoms. The molecule has 5 heteroatoms. The van der Waals surface area contributed by atoms with Crippen LogP contribution in [0.5, 0.6) is 0 Å². The van der Waals surface area contributed by atoms with Crippen molar-refractivity contribution in [3.63, 3.8) is 0 Å². The lowest BCUT2D eigenvalue weighted by Crippen LogP contribution is -2.43. The summed E-state index contributed by atoms with van der Waals surface area (Å²) in [5.74, 6) is 5.88. The molecule has 1 spiro atoms. The van der Waals surface area contributed by atoms with Crippen molar-refractivity contribution < 1.29 is 9.13 Å². The summed E-state index contributed by atoms with van der Waals surface area (Å²) < 4.78 is 21.1. The highest BCUT2D eigenvalue weighted by Gasteiger charge is 2.42. The van der Waals surface area contributed by atoms with Gasteiger partial charge in [-0.05, 0) is 49.8 Å². The average molecular weight is 357 g/mol. The molecular weight excluding hydrogens is 335 g/mol. The molecule has 2 atom stereocenters. The monoisotopic (exact) mass is 356 g/mol. The van der Waals surface area contributed by atoms with E-state index in [2.05, 4.69) is 21.4 Å². The van der Waals surface area contributed by atoms with Gasteiger partial charge < -0.3 is 4.74 Å². The molecule has 3 N–H and O–H groups in total. The summed E-state index contributed by atoms with van der Waals surface area (Å²) in [5, 5.41) is 0. The van der Waals surface area contributed by atoms with Gasteiger partial charge >= 0.3 is 0 Å². The van der Waals surface area contributed by atoms with Gasteiger partial charge in [0, 0.05) is 16.6 Å². The second kappa shape index (κ2) is 6.32. The maximum absolute atomic E-state index is 14.2. The second-order valence-corrected chi connectivity index (χ2v) is 7.22. The van der Waals surface area contributed by atoms with E-state index in [-0.39, 0.29) is 17.5 Å². The third kappa shape index (κ3) is 3.16. The quantitative estimate of drug-likeness (QED) is 0.639. The van der Waals surface area contributed by atoms with Crippen LogP contribution in [0.25, 0.3) is 0 Å². The fraction of sp³-hybridized carbons (Fsp3) is 0.625. The molecule has 1 saturated heterocycles. The number of rotatable bonds is 3. The molecular formula is C16H22BrFN2O. The highest BCUT2D eigenvalue weighted by Crippen LogP contribution is 2.45. The highest BCUT2D eigenvalue weighted by atomic mass is 79.9. The van der Waals surface area contributed by atoms with Crippen LogP contribution in [0.1, 0.15) is 50.1 Å². The molecule has 1 saturated carbocycles. The second-order valence-electron chi connectivity index (χ2n) is 6.30.